The van der Waals surface area contributed by atoms with Gasteiger partial charge in [-0.1, -0.05) is 28.9 Å². The Morgan fingerprint density at radius 2 is 2.18 bits per heavy atom. The minimum atomic E-state index is 0.491. The van der Waals surface area contributed by atoms with Crippen LogP contribution in [0.1, 0.15) is 38.3 Å². The van der Waals surface area contributed by atoms with Crippen LogP contribution in [0.5, 0.6) is 5.75 Å². The highest BCUT2D eigenvalue weighted by molar-refractivity contribution is 9.10. The molecule has 0 amide bonds. The first-order valence-electron chi connectivity index (χ1n) is 6.41. The molecule has 1 aliphatic carbocycles. The smallest absolute Gasteiger partial charge is 0.120 e. The largest absolute Gasteiger partial charge is 0.494 e. The first kappa shape index (κ1) is 12.9. The minimum absolute atomic E-state index is 0.491. The molecule has 0 aliphatic heterocycles. The van der Waals surface area contributed by atoms with E-state index in [1.165, 1.54) is 18.4 Å². The Morgan fingerprint density at radius 3 is 2.71 bits per heavy atom. The molecule has 1 N–H and O–H groups in total. The van der Waals surface area contributed by atoms with Crippen molar-refractivity contribution >= 4 is 15.9 Å². The van der Waals surface area contributed by atoms with Crippen molar-refractivity contribution in [2.24, 2.45) is 5.92 Å². The van der Waals surface area contributed by atoms with Crippen molar-refractivity contribution in [3.05, 3.63) is 28.2 Å². The highest BCUT2D eigenvalue weighted by Crippen LogP contribution is 2.43. The van der Waals surface area contributed by atoms with E-state index in [2.05, 4.69) is 46.4 Å². The Hall–Kier alpha value is -0.540. The Balaban J connectivity index is 2.18. The summed E-state index contributed by atoms with van der Waals surface area (Å²) in [6, 6.07) is 6.81. The molecule has 0 radical (unpaired) electrons. The van der Waals surface area contributed by atoms with Gasteiger partial charge in [0.05, 0.1) is 6.61 Å². The molecule has 1 aromatic rings. The standard InChI is InChI=1S/C14H20BrNO/c1-3-16-14(10-5-6-10)12-8-7-11(17-4-2)9-13(12)15/h7-10,14,16H,3-6H2,1-2H3. The normalized spacial score (nSPS) is 16.9. The zero-order valence-corrected chi connectivity index (χ0v) is 12.1. The number of hydrogen-bond donors (Lipinski definition) is 1. The van der Waals surface area contributed by atoms with Crippen molar-refractivity contribution in [1.29, 1.82) is 0 Å². The van der Waals surface area contributed by atoms with Gasteiger partial charge in [-0.05, 0) is 49.9 Å². The lowest BCUT2D eigenvalue weighted by atomic mass is 10.0. The zero-order valence-electron chi connectivity index (χ0n) is 10.5. The monoisotopic (exact) mass is 297 g/mol. The van der Waals surface area contributed by atoms with Crippen LogP contribution in [0.4, 0.5) is 0 Å². The molecule has 2 rings (SSSR count). The van der Waals surface area contributed by atoms with Gasteiger partial charge in [-0.25, -0.2) is 0 Å². The molecule has 1 aliphatic rings. The summed E-state index contributed by atoms with van der Waals surface area (Å²) >= 11 is 3.66. The highest BCUT2D eigenvalue weighted by Gasteiger charge is 2.32. The fourth-order valence-corrected chi connectivity index (χ4v) is 2.80. The predicted octanol–water partition coefficient (Wildman–Crippen LogP) is 3.91. The Morgan fingerprint density at radius 1 is 1.41 bits per heavy atom. The van der Waals surface area contributed by atoms with Gasteiger partial charge in [0.25, 0.3) is 0 Å². The van der Waals surface area contributed by atoms with Crippen molar-refractivity contribution in [3.63, 3.8) is 0 Å². The molecule has 0 heterocycles. The molecule has 1 atom stereocenters. The van der Waals surface area contributed by atoms with Gasteiger partial charge in [0.15, 0.2) is 0 Å². The maximum absolute atomic E-state index is 5.51. The van der Waals surface area contributed by atoms with E-state index >= 15 is 0 Å². The van der Waals surface area contributed by atoms with Crippen LogP contribution in [0, 0.1) is 5.92 Å². The average molecular weight is 298 g/mol. The number of nitrogens with one attached hydrogen (secondary N) is 1. The molecule has 0 spiro atoms. The SMILES string of the molecule is CCNC(c1ccc(OCC)cc1Br)C1CC1. The van der Waals surface area contributed by atoms with Crippen molar-refractivity contribution in [2.45, 2.75) is 32.7 Å². The van der Waals surface area contributed by atoms with Crippen LogP contribution in [0.3, 0.4) is 0 Å². The summed E-state index contributed by atoms with van der Waals surface area (Å²) in [4.78, 5) is 0. The fraction of sp³-hybridized carbons (Fsp3) is 0.571. The zero-order chi connectivity index (χ0) is 12.3. The Bertz CT molecular complexity index is 376. The van der Waals surface area contributed by atoms with E-state index in [0.717, 1.165) is 22.7 Å². The molecule has 0 saturated heterocycles. The van der Waals surface area contributed by atoms with Crippen molar-refractivity contribution < 1.29 is 4.74 Å². The van der Waals surface area contributed by atoms with Crippen molar-refractivity contribution in [2.75, 3.05) is 13.2 Å². The third-order valence-electron chi connectivity index (χ3n) is 3.14. The first-order chi connectivity index (χ1) is 8.26. The van der Waals surface area contributed by atoms with Crippen LogP contribution in [-0.4, -0.2) is 13.2 Å². The molecule has 1 saturated carbocycles. The molecule has 0 bridgehead atoms. The van der Waals surface area contributed by atoms with E-state index in [1.54, 1.807) is 0 Å². The lowest BCUT2D eigenvalue weighted by Gasteiger charge is -2.19. The van der Waals surface area contributed by atoms with Crippen LogP contribution in [0.2, 0.25) is 0 Å². The maximum Gasteiger partial charge on any atom is 0.120 e. The molecule has 94 valence electrons. The van der Waals surface area contributed by atoms with Crippen LogP contribution in [-0.2, 0) is 0 Å². The lowest BCUT2D eigenvalue weighted by Crippen LogP contribution is -2.22. The van der Waals surface area contributed by atoms with Gasteiger partial charge in [0, 0.05) is 10.5 Å². The van der Waals surface area contributed by atoms with E-state index in [0.29, 0.717) is 12.6 Å². The van der Waals surface area contributed by atoms with Crippen LogP contribution < -0.4 is 10.1 Å². The number of rotatable bonds is 6. The maximum atomic E-state index is 5.51. The fourth-order valence-electron chi connectivity index (χ4n) is 2.20. The number of hydrogen-bond acceptors (Lipinski definition) is 2. The van der Waals surface area contributed by atoms with Gasteiger partial charge in [0.2, 0.25) is 0 Å². The molecule has 1 unspecified atom stereocenters. The van der Waals surface area contributed by atoms with Crippen molar-refractivity contribution in [3.8, 4) is 5.75 Å². The second kappa shape index (κ2) is 5.87. The predicted molar refractivity (Wildman–Crippen MR) is 74.5 cm³/mol. The van der Waals surface area contributed by atoms with E-state index in [-0.39, 0.29) is 0 Å². The second-order valence-corrected chi connectivity index (χ2v) is 5.34. The quantitative estimate of drug-likeness (QED) is 0.860. The van der Waals surface area contributed by atoms with E-state index < -0.39 is 0 Å². The first-order valence-corrected chi connectivity index (χ1v) is 7.21. The number of halogens is 1. The van der Waals surface area contributed by atoms with Gasteiger partial charge in [-0.15, -0.1) is 0 Å². The van der Waals surface area contributed by atoms with Gasteiger partial charge in [0.1, 0.15) is 5.75 Å². The summed E-state index contributed by atoms with van der Waals surface area (Å²) in [7, 11) is 0. The van der Waals surface area contributed by atoms with E-state index in [1.807, 2.05) is 6.92 Å². The van der Waals surface area contributed by atoms with Crippen LogP contribution in [0.15, 0.2) is 22.7 Å². The Kier molecular flexibility index (Phi) is 4.46. The third kappa shape index (κ3) is 3.23. The molecular formula is C14H20BrNO. The molecule has 1 fully saturated rings. The molecule has 2 nitrogen and oxygen atoms in total. The summed E-state index contributed by atoms with van der Waals surface area (Å²) in [5, 5.41) is 3.58. The van der Waals surface area contributed by atoms with Gasteiger partial charge in [-0.2, -0.15) is 0 Å². The van der Waals surface area contributed by atoms with Gasteiger partial charge < -0.3 is 10.1 Å². The van der Waals surface area contributed by atoms with Gasteiger partial charge in [-0.3, -0.25) is 0 Å². The second-order valence-electron chi connectivity index (χ2n) is 4.49. The topological polar surface area (TPSA) is 21.3 Å². The number of benzene rings is 1. The number of ether oxygens (including phenoxy) is 1. The summed E-state index contributed by atoms with van der Waals surface area (Å²) < 4.78 is 6.66. The molecule has 0 aromatic heterocycles. The summed E-state index contributed by atoms with van der Waals surface area (Å²) in [6.45, 7) is 5.90. The molecular weight excluding hydrogens is 278 g/mol. The van der Waals surface area contributed by atoms with E-state index in [9.17, 15) is 0 Å². The Labute approximate surface area is 112 Å². The minimum Gasteiger partial charge on any atom is -0.494 e. The average Bonchev–Trinajstić information content (AvgIpc) is 3.11. The summed E-state index contributed by atoms with van der Waals surface area (Å²) in [5.41, 5.74) is 1.36. The van der Waals surface area contributed by atoms with E-state index in [4.69, 9.17) is 4.74 Å². The van der Waals surface area contributed by atoms with Crippen LogP contribution >= 0.6 is 15.9 Å². The lowest BCUT2D eigenvalue weighted by molar-refractivity contribution is 0.339. The molecule has 1 aromatic carbocycles. The third-order valence-corrected chi connectivity index (χ3v) is 3.82. The highest BCUT2D eigenvalue weighted by atomic mass is 79.9. The van der Waals surface area contributed by atoms with Crippen molar-refractivity contribution in [1.82, 2.24) is 5.32 Å². The summed E-state index contributed by atoms with van der Waals surface area (Å²) in [5.74, 6) is 1.75. The summed E-state index contributed by atoms with van der Waals surface area (Å²) in [6.07, 6.45) is 2.69. The molecule has 17 heavy (non-hydrogen) atoms. The van der Waals surface area contributed by atoms with Crippen LogP contribution in [0.25, 0.3) is 0 Å². The van der Waals surface area contributed by atoms with Gasteiger partial charge >= 0.3 is 0 Å². The molecule has 3 heteroatoms.